The Bertz CT molecular complexity index is 662. The van der Waals surface area contributed by atoms with Crippen molar-refractivity contribution in [2.75, 3.05) is 0 Å². The van der Waals surface area contributed by atoms with Crippen molar-refractivity contribution in [2.24, 2.45) is 5.73 Å². The molecule has 0 fully saturated rings. The zero-order chi connectivity index (χ0) is 15.4. The maximum Gasteiger partial charge on any atom is 0.305 e. The molecule has 0 saturated heterocycles. The van der Waals surface area contributed by atoms with E-state index < -0.39 is 22.5 Å². The van der Waals surface area contributed by atoms with Gasteiger partial charge in [0.2, 0.25) is 5.82 Å². The predicted octanol–water partition coefficient (Wildman–Crippen LogP) is 2.99. The Labute approximate surface area is 120 Å². The Morgan fingerprint density at radius 2 is 1.86 bits per heavy atom. The minimum atomic E-state index is -0.864. The van der Waals surface area contributed by atoms with Crippen LogP contribution < -0.4 is 5.73 Å². The van der Waals surface area contributed by atoms with Gasteiger partial charge >= 0.3 is 5.69 Å². The van der Waals surface area contributed by atoms with E-state index in [0.717, 1.165) is 6.07 Å². The molecule has 6 heteroatoms. The van der Waals surface area contributed by atoms with E-state index in [1.807, 2.05) is 0 Å². The fourth-order valence-corrected chi connectivity index (χ4v) is 2.19. The summed E-state index contributed by atoms with van der Waals surface area (Å²) >= 11 is 0. The minimum absolute atomic E-state index is 0.143. The molecule has 0 saturated carbocycles. The highest BCUT2D eigenvalue weighted by molar-refractivity contribution is 5.37. The highest BCUT2D eigenvalue weighted by Crippen LogP contribution is 2.21. The number of nitrogens with two attached hydrogens (primary N) is 1. The molecule has 0 heterocycles. The summed E-state index contributed by atoms with van der Waals surface area (Å²) in [6.07, 6.45) is 0.504. The normalized spacial score (nSPS) is 12.1. The number of hydrogen-bond acceptors (Lipinski definition) is 3. The molecule has 0 bridgehead atoms. The summed E-state index contributed by atoms with van der Waals surface area (Å²) in [7, 11) is 0. The molecular formula is C15H14F2N2O2. The Kier molecular flexibility index (Phi) is 4.59. The van der Waals surface area contributed by atoms with E-state index in [0.29, 0.717) is 12.0 Å². The molecule has 0 radical (unpaired) electrons. The van der Waals surface area contributed by atoms with Crippen molar-refractivity contribution in [3.63, 3.8) is 0 Å². The molecule has 0 spiro atoms. The molecule has 2 aromatic carbocycles. The second-order valence-corrected chi connectivity index (χ2v) is 4.81. The summed E-state index contributed by atoms with van der Waals surface area (Å²) in [6.45, 7) is 0. The fraction of sp³-hybridized carbons (Fsp3) is 0.200. The van der Waals surface area contributed by atoms with E-state index in [4.69, 9.17) is 5.73 Å². The van der Waals surface area contributed by atoms with Crippen molar-refractivity contribution in [3.8, 4) is 0 Å². The van der Waals surface area contributed by atoms with Crippen LogP contribution in [0.1, 0.15) is 11.1 Å². The number of nitro benzene ring substituents is 1. The van der Waals surface area contributed by atoms with Gasteiger partial charge in [0.1, 0.15) is 5.82 Å². The summed E-state index contributed by atoms with van der Waals surface area (Å²) in [5.74, 6) is -1.22. The van der Waals surface area contributed by atoms with Crippen LogP contribution in [-0.2, 0) is 12.8 Å². The molecule has 0 aromatic heterocycles. The van der Waals surface area contributed by atoms with Crippen molar-refractivity contribution in [3.05, 3.63) is 75.3 Å². The molecule has 0 aliphatic carbocycles. The quantitative estimate of drug-likeness (QED) is 0.680. The highest BCUT2D eigenvalue weighted by atomic mass is 19.1. The van der Waals surface area contributed by atoms with Gasteiger partial charge in [0, 0.05) is 12.1 Å². The van der Waals surface area contributed by atoms with Gasteiger partial charge in [0.15, 0.2) is 0 Å². The molecule has 1 atom stereocenters. The van der Waals surface area contributed by atoms with Crippen LogP contribution in [0.4, 0.5) is 14.5 Å². The maximum atomic E-state index is 13.9. The topological polar surface area (TPSA) is 69.2 Å². The van der Waals surface area contributed by atoms with Gasteiger partial charge in [0.05, 0.1) is 4.92 Å². The maximum absolute atomic E-state index is 13.9. The molecule has 2 N–H and O–H groups in total. The lowest BCUT2D eigenvalue weighted by Crippen LogP contribution is -2.26. The van der Waals surface area contributed by atoms with Crippen LogP contribution in [0.3, 0.4) is 0 Å². The molecule has 21 heavy (non-hydrogen) atoms. The lowest BCUT2D eigenvalue weighted by molar-refractivity contribution is -0.387. The summed E-state index contributed by atoms with van der Waals surface area (Å²) in [6, 6.07) is 9.54. The summed E-state index contributed by atoms with van der Waals surface area (Å²) in [5, 5.41) is 10.7. The first-order chi connectivity index (χ1) is 9.97. The largest absolute Gasteiger partial charge is 0.327 e. The van der Waals surface area contributed by atoms with Gasteiger partial charge in [-0.25, -0.2) is 4.39 Å². The molecule has 4 nitrogen and oxygen atoms in total. The summed E-state index contributed by atoms with van der Waals surface area (Å²) in [4.78, 5) is 9.91. The van der Waals surface area contributed by atoms with E-state index in [-0.39, 0.29) is 17.8 Å². The molecule has 0 aliphatic heterocycles. The van der Waals surface area contributed by atoms with Crippen LogP contribution >= 0.6 is 0 Å². The zero-order valence-electron chi connectivity index (χ0n) is 11.1. The summed E-state index contributed by atoms with van der Waals surface area (Å²) < 4.78 is 27.0. The highest BCUT2D eigenvalue weighted by Gasteiger charge is 2.18. The van der Waals surface area contributed by atoms with Gasteiger partial charge in [-0.05, 0) is 36.1 Å². The van der Waals surface area contributed by atoms with Gasteiger partial charge in [-0.15, -0.1) is 0 Å². The van der Waals surface area contributed by atoms with E-state index in [9.17, 15) is 18.9 Å². The first-order valence-electron chi connectivity index (χ1n) is 6.39. The van der Waals surface area contributed by atoms with Gasteiger partial charge < -0.3 is 5.73 Å². The predicted molar refractivity (Wildman–Crippen MR) is 74.8 cm³/mol. The van der Waals surface area contributed by atoms with E-state index in [1.54, 1.807) is 12.1 Å². The number of nitrogens with zero attached hydrogens (tertiary/aromatic N) is 1. The molecule has 0 amide bonds. The number of hydrogen-bond donors (Lipinski definition) is 1. The monoisotopic (exact) mass is 292 g/mol. The van der Waals surface area contributed by atoms with Crippen molar-refractivity contribution in [1.29, 1.82) is 0 Å². The molecular weight excluding hydrogens is 278 g/mol. The average Bonchev–Trinajstić information content (AvgIpc) is 2.40. The summed E-state index contributed by atoms with van der Waals surface area (Å²) in [5.41, 5.74) is 6.25. The van der Waals surface area contributed by atoms with Crippen LogP contribution in [0.25, 0.3) is 0 Å². The Morgan fingerprint density at radius 3 is 2.52 bits per heavy atom. The molecule has 0 aliphatic rings. The SMILES string of the molecule is NC(Cc1cccc(F)c1)Cc1cccc([N+](=O)[O-])c1F. The number of halogens is 2. The van der Waals surface area contributed by atoms with Crippen LogP contribution in [0.15, 0.2) is 42.5 Å². The van der Waals surface area contributed by atoms with Crippen molar-refractivity contribution in [1.82, 2.24) is 0 Å². The van der Waals surface area contributed by atoms with Crippen LogP contribution in [0, 0.1) is 21.7 Å². The lowest BCUT2D eigenvalue weighted by atomic mass is 9.99. The standard InChI is InChI=1S/C15H14F2N2O2/c16-12-5-1-3-10(7-12)8-13(18)9-11-4-2-6-14(15(11)17)19(20)21/h1-7,13H,8-9,18H2. The van der Waals surface area contributed by atoms with Crippen molar-refractivity contribution >= 4 is 5.69 Å². The third kappa shape index (κ3) is 3.82. The van der Waals surface area contributed by atoms with E-state index in [2.05, 4.69) is 0 Å². The van der Waals surface area contributed by atoms with Crippen molar-refractivity contribution < 1.29 is 13.7 Å². The van der Waals surface area contributed by atoms with Gasteiger partial charge in [-0.2, -0.15) is 4.39 Å². The number of nitro groups is 1. The average molecular weight is 292 g/mol. The second-order valence-electron chi connectivity index (χ2n) is 4.81. The van der Waals surface area contributed by atoms with Gasteiger partial charge in [0.25, 0.3) is 0 Å². The Hall–Kier alpha value is -2.34. The van der Waals surface area contributed by atoms with E-state index >= 15 is 0 Å². The number of rotatable bonds is 5. The molecule has 2 rings (SSSR count). The second kappa shape index (κ2) is 6.41. The first kappa shape index (κ1) is 15.1. The van der Waals surface area contributed by atoms with Gasteiger partial charge in [-0.3, -0.25) is 10.1 Å². The number of benzene rings is 2. The smallest absolute Gasteiger partial charge is 0.305 e. The van der Waals surface area contributed by atoms with Crippen LogP contribution in [0.5, 0.6) is 0 Å². The molecule has 1 unspecified atom stereocenters. The minimum Gasteiger partial charge on any atom is -0.327 e. The molecule has 110 valence electrons. The van der Waals surface area contributed by atoms with Crippen LogP contribution in [0.2, 0.25) is 0 Å². The van der Waals surface area contributed by atoms with Crippen LogP contribution in [-0.4, -0.2) is 11.0 Å². The van der Waals surface area contributed by atoms with Gasteiger partial charge in [-0.1, -0.05) is 24.3 Å². The Balaban J connectivity index is 2.11. The lowest BCUT2D eigenvalue weighted by Gasteiger charge is -2.12. The molecule has 2 aromatic rings. The zero-order valence-corrected chi connectivity index (χ0v) is 11.1. The van der Waals surface area contributed by atoms with E-state index in [1.165, 1.54) is 24.3 Å². The van der Waals surface area contributed by atoms with Crippen molar-refractivity contribution in [2.45, 2.75) is 18.9 Å². The third-order valence-corrected chi connectivity index (χ3v) is 3.12. The fourth-order valence-electron chi connectivity index (χ4n) is 2.19. The Morgan fingerprint density at radius 1 is 1.14 bits per heavy atom. The first-order valence-corrected chi connectivity index (χ1v) is 6.39. The third-order valence-electron chi connectivity index (χ3n) is 3.12.